The predicted octanol–water partition coefficient (Wildman–Crippen LogP) is 5.03. The van der Waals surface area contributed by atoms with E-state index in [1.54, 1.807) is 18.3 Å². The van der Waals surface area contributed by atoms with E-state index >= 15 is 0 Å². The summed E-state index contributed by atoms with van der Waals surface area (Å²) >= 11 is 0. The lowest BCUT2D eigenvalue weighted by Crippen LogP contribution is -2.18. The van der Waals surface area contributed by atoms with Gasteiger partial charge in [0.05, 0.1) is 22.2 Å². The molecule has 1 amide bonds. The number of nitrogens with one attached hydrogen (secondary N) is 2. The van der Waals surface area contributed by atoms with Crippen molar-refractivity contribution < 1.29 is 22.4 Å². The van der Waals surface area contributed by atoms with Crippen LogP contribution in [-0.2, 0) is 19.8 Å². The highest BCUT2D eigenvalue weighted by molar-refractivity contribution is 6.07. The van der Waals surface area contributed by atoms with E-state index in [1.165, 1.54) is 18.5 Å². The lowest BCUT2D eigenvalue weighted by Gasteiger charge is -2.14. The number of benzene rings is 1. The van der Waals surface area contributed by atoms with E-state index in [9.17, 15) is 22.4 Å². The number of rotatable bonds is 6. The number of amides is 1. The Hall–Kier alpha value is -5.07. The third-order valence-corrected chi connectivity index (χ3v) is 5.91. The molecule has 9 nitrogen and oxygen atoms in total. The maximum Gasteiger partial charge on any atom is 0.417 e. The van der Waals surface area contributed by atoms with Gasteiger partial charge in [0, 0.05) is 43.4 Å². The molecule has 39 heavy (non-hydrogen) atoms. The Kier molecular flexibility index (Phi) is 6.56. The Balaban J connectivity index is 1.38. The SMILES string of the molecule is Cn1cc(-c2ccc(CNc3ncc(C(F)(F)F)cc3C(=O)Nc3ccc(F)cc3)cn2)c2c(N)ncnc21. The summed E-state index contributed by atoms with van der Waals surface area (Å²) < 4.78 is 55.0. The Morgan fingerprint density at radius 3 is 2.49 bits per heavy atom. The van der Waals surface area contributed by atoms with Gasteiger partial charge in [-0.05, 0) is 42.0 Å². The highest BCUT2D eigenvalue weighted by Crippen LogP contribution is 2.32. The second-order valence-corrected chi connectivity index (χ2v) is 8.60. The fraction of sp³-hybridized carbons (Fsp3) is 0.115. The molecule has 0 unspecified atom stereocenters. The Morgan fingerprint density at radius 1 is 1.03 bits per heavy atom. The standard InChI is InChI=1S/C26H20F4N8O/c1-38-12-19(21-22(31)35-13-36-24(21)38)20-7-2-14(9-32-20)10-33-23-18(8-15(11-34-23)26(28,29)30)25(39)37-17-5-3-16(27)4-6-17/h2-9,11-13H,10H2,1H3,(H,33,34)(H,37,39)(H2,31,35,36). The Labute approximate surface area is 218 Å². The number of aryl methyl sites for hydroxylation is 1. The summed E-state index contributed by atoms with van der Waals surface area (Å²) in [4.78, 5) is 29.5. The van der Waals surface area contributed by atoms with Crippen LogP contribution in [0, 0.1) is 5.82 Å². The molecule has 0 saturated carbocycles. The Bertz CT molecular complexity index is 1670. The van der Waals surface area contributed by atoms with E-state index in [0.717, 1.165) is 17.7 Å². The molecule has 4 aromatic heterocycles. The first kappa shape index (κ1) is 25.6. The minimum atomic E-state index is -4.70. The number of nitrogens with two attached hydrogens (primary N) is 1. The van der Waals surface area contributed by atoms with Gasteiger partial charge in [-0.2, -0.15) is 13.2 Å². The Morgan fingerprint density at radius 2 is 1.79 bits per heavy atom. The number of fused-ring (bicyclic) bond motifs is 1. The summed E-state index contributed by atoms with van der Waals surface area (Å²) in [6.45, 7) is 0.114. The van der Waals surface area contributed by atoms with Crippen molar-refractivity contribution in [3.8, 4) is 11.3 Å². The second kappa shape index (κ2) is 10.0. The molecule has 4 heterocycles. The van der Waals surface area contributed by atoms with Crippen LogP contribution in [0.2, 0.25) is 0 Å². The molecular weight excluding hydrogens is 516 g/mol. The van der Waals surface area contributed by atoms with E-state index in [2.05, 4.69) is 30.6 Å². The van der Waals surface area contributed by atoms with Gasteiger partial charge in [0.2, 0.25) is 0 Å². The van der Waals surface area contributed by atoms with Crippen LogP contribution in [0.3, 0.4) is 0 Å². The largest absolute Gasteiger partial charge is 0.417 e. The van der Waals surface area contributed by atoms with E-state index in [4.69, 9.17) is 5.73 Å². The van der Waals surface area contributed by atoms with Crippen molar-refractivity contribution in [3.05, 3.63) is 89.9 Å². The number of carbonyl (C=O) groups is 1. The molecule has 0 spiro atoms. The molecule has 0 aliphatic rings. The van der Waals surface area contributed by atoms with E-state index < -0.39 is 23.5 Å². The molecule has 0 aliphatic carbocycles. The van der Waals surface area contributed by atoms with Gasteiger partial charge in [0.25, 0.3) is 5.91 Å². The number of carbonyl (C=O) groups excluding carboxylic acids is 1. The number of alkyl halides is 3. The molecule has 0 radical (unpaired) electrons. The van der Waals surface area contributed by atoms with Crippen LogP contribution in [0.15, 0.2) is 67.4 Å². The number of nitrogen functional groups attached to an aromatic ring is 1. The van der Waals surface area contributed by atoms with Gasteiger partial charge >= 0.3 is 6.18 Å². The summed E-state index contributed by atoms with van der Waals surface area (Å²) in [6.07, 6.45) is 0.752. The molecular formula is C26H20F4N8O. The summed E-state index contributed by atoms with van der Waals surface area (Å²) in [6, 6.07) is 9.08. The molecule has 0 atom stereocenters. The quantitative estimate of drug-likeness (QED) is 0.260. The average Bonchev–Trinajstić information content (AvgIpc) is 3.26. The lowest BCUT2D eigenvalue weighted by atomic mass is 10.1. The van der Waals surface area contributed by atoms with Crippen molar-refractivity contribution >= 4 is 34.3 Å². The molecule has 4 N–H and O–H groups in total. The molecule has 0 aliphatic heterocycles. The van der Waals surface area contributed by atoms with Crippen molar-refractivity contribution in [2.75, 3.05) is 16.4 Å². The van der Waals surface area contributed by atoms with Crippen molar-refractivity contribution in [2.45, 2.75) is 12.7 Å². The van der Waals surface area contributed by atoms with Gasteiger partial charge in [0.15, 0.2) is 0 Å². The zero-order valence-electron chi connectivity index (χ0n) is 20.3. The molecule has 0 bridgehead atoms. The zero-order chi connectivity index (χ0) is 27.7. The summed E-state index contributed by atoms with van der Waals surface area (Å²) in [5.41, 5.74) is 7.55. The van der Waals surface area contributed by atoms with Gasteiger partial charge < -0.3 is 20.9 Å². The molecule has 13 heteroatoms. The number of pyridine rings is 2. The van der Waals surface area contributed by atoms with Crippen LogP contribution >= 0.6 is 0 Å². The van der Waals surface area contributed by atoms with Crippen molar-refractivity contribution in [1.29, 1.82) is 0 Å². The van der Waals surface area contributed by atoms with Crippen LogP contribution in [-0.4, -0.2) is 30.4 Å². The lowest BCUT2D eigenvalue weighted by molar-refractivity contribution is -0.137. The first-order valence-corrected chi connectivity index (χ1v) is 11.5. The van der Waals surface area contributed by atoms with Crippen LogP contribution in [0.1, 0.15) is 21.5 Å². The summed E-state index contributed by atoms with van der Waals surface area (Å²) in [7, 11) is 1.83. The van der Waals surface area contributed by atoms with Crippen molar-refractivity contribution in [3.63, 3.8) is 0 Å². The number of anilines is 3. The van der Waals surface area contributed by atoms with Gasteiger partial charge in [0.1, 0.15) is 29.4 Å². The second-order valence-electron chi connectivity index (χ2n) is 8.60. The maximum atomic E-state index is 13.3. The van der Waals surface area contributed by atoms with Crippen LogP contribution in [0.25, 0.3) is 22.3 Å². The molecule has 1 aromatic carbocycles. The highest BCUT2D eigenvalue weighted by atomic mass is 19.4. The molecule has 0 fully saturated rings. The first-order chi connectivity index (χ1) is 18.6. The molecule has 0 saturated heterocycles. The average molecular weight is 536 g/mol. The number of hydrogen-bond acceptors (Lipinski definition) is 7. The molecule has 5 rings (SSSR count). The van der Waals surface area contributed by atoms with E-state index in [0.29, 0.717) is 40.4 Å². The van der Waals surface area contributed by atoms with E-state index in [-0.39, 0.29) is 23.6 Å². The van der Waals surface area contributed by atoms with E-state index in [1.807, 2.05) is 17.8 Å². The van der Waals surface area contributed by atoms with Gasteiger partial charge in [-0.25, -0.2) is 19.3 Å². The fourth-order valence-electron chi connectivity index (χ4n) is 3.97. The number of aromatic nitrogens is 5. The van der Waals surface area contributed by atoms with Crippen LogP contribution in [0.5, 0.6) is 0 Å². The van der Waals surface area contributed by atoms with Gasteiger partial charge in [-0.1, -0.05) is 6.07 Å². The zero-order valence-corrected chi connectivity index (χ0v) is 20.3. The number of nitrogens with zero attached hydrogens (tertiary/aromatic N) is 5. The van der Waals surface area contributed by atoms with Crippen LogP contribution < -0.4 is 16.4 Å². The smallest absolute Gasteiger partial charge is 0.383 e. The van der Waals surface area contributed by atoms with Crippen molar-refractivity contribution in [2.24, 2.45) is 7.05 Å². The summed E-state index contributed by atoms with van der Waals surface area (Å²) in [5.74, 6) is -1.10. The summed E-state index contributed by atoms with van der Waals surface area (Å²) in [5, 5.41) is 6.03. The van der Waals surface area contributed by atoms with Gasteiger partial charge in [-0.15, -0.1) is 0 Å². The van der Waals surface area contributed by atoms with Crippen LogP contribution in [0.4, 0.5) is 34.9 Å². The van der Waals surface area contributed by atoms with Gasteiger partial charge in [-0.3, -0.25) is 9.78 Å². The maximum absolute atomic E-state index is 13.3. The number of hydrogen-bond donors (Lipinski definition) is 3. The molecule has 5 aromatic rings. The predicted molar refractivity (Wildman–Crippen MR) is 137 cm³/mol. The number of halogens is 4. The third kappa shape index (κ3) is 5.32. The third-order valence-electron chi connectivity index (χ3n) is 5.91. The normalized spacial score (nSPS) is 11.5. The highest BCUT2D eigenvalue weighted by Gasteiger charge is 2.32. The fourth-order valence-corrected chi connectivity index (χ4v) is 3.97. The first-order valence-electron chi connectivity index (χ1n) is 11.5. The molecule has 198 valence electrons. The minimum Gasteiger partial charge on any atom is -0.383 e. The monoisotopic (exact) mass is 536 g/mol. The topological polar surface area (TPSA) is 124 Å². The van der Waals surface area contributed by atoms with Crippen molar-refractivity contribution in [1.82, 2.24) is 24.5 Å². The minimum absolute atomic E-state index is 0.0642.